The summed E-state index contributed by atoms with van der Waals surface area (Å²) in [5.41, 5.74) is 12.8. The van der Waals surface area contributed by atoms with E-state index in [1.807, 2.05) is 0 Å². The molecule has 0 aliphatic heterocycles. The van der Waals surface area contributed by atoms with Gasteiger partial charge in [0.15, 0.2) is 0 Å². The van der Waals surface area contributed by atoms with E-state index in [9.17, 15) is 0 Å². The molecule has 1 heteroatoms. The van der Waals surface area contributed by atoms with Crippen LogP contribution in [0.25, 0.3) is 21.5 Å². The molecule has 1 nitrogen and oxygen atoms in total. The van der Waals surface area contributed by atoms with Crippen LogP contribution in [-0.2, 0) is 21.7 Å². The van der Waals surface area contributed by atoms with Crippen molar-refractivity contribution in [2.45, 2.75) is 126 Å². The maximum Gasteiger partial charge on any atom is 0.0618 e. The number of anilines is 3. The van der Waals surface area contributed by atoms with E-state index in [0.29, 0.717) is 10.8 Å². The fourth-order valence-electron chi connectivity index (χ4n) is 16.4. The van der Waals surface area contributed by atoms with Gasteiger partial charge in [0.25, 0.3) is 0 Å². The molecule has 0 atom stereocenters. The number of nitrogens with zero attached hydrogens (tertiary/aromatic N) is 1. The van der Waals surface area contributed by atoms with Gasteiger partial charge in [0, 0.05) is 33.0 Å². The first kappa shape index (κ1) is 40.2. The average molecular weight is 850 g/mol. The van der Waals surface area contributed by atoms with Gasteiger partial charge in [-0.25, -0.2) is 0 Å². The molecule has 8 bridgehead atoms. The van der Waals surface area contributed by atoms with Crippen LogP contribution in [0.4, 0.5) is 17.1 Å². The third-order valence-corrected chi connectivity index (χ3v) is 19.1. The molecule has 0 radical (unpaired) electrons. The molecule has 328 valence electrons. The fourth-order valence-corrected chi connectivity index (χ4v) is 16.4. The Morgan fingerprint density at radius 1 is 0.369 bits per heavy atom. The lowest BCUT2D eigenvalue weighted by Crippen LogP contribution is -2.48. The molecule has 7 aromatic carbocycles. The van der Waals surface area contributed by atoms with E-state index in [1.165, 1.54) is 138 Å². The smallest absolute Gasteiger partial charge is 0.0618 e. The minimum absolute atomic E-state index is 0.123. The molecule has 0 saturated heterocycles. The highest BCUT2D eigenvalue weighted by Crippen LogP contribution is 2.63. The summed E-state index contributed by atoms with van der Waals surface area (Å²) < 4.78 is 0. The number of hydrogen-bond acceptors (Lipinski definition) is 1. The predicted octanol–water partition coefficient (Wildman–Crippen LogP) is 17.1. The van der Waals surface area contributed by atoms with Crippen molar-refractivity contribution in [1.29, 1.82) is 0 Å². The Kier molecular flexibility index (Phi) is 9.07. The highest BCUT2D eigenvalue weighted by molar-refractivity contribution is 6.14. The Labute approximate surface area is 388 Å². The van der Waals surface area contributed by atoms with E-state index >= 15 is 0 Å². The van der Waals surface area contributed by atoms with E-state index in [1.54, 1.807) is 11.1 Å². The van der Waals surface area contributed by atoms with Crippen LogP contribution in [-0.4, -0.2) is 0 Å². The van der Waals surface area contributed by atoms with Gasteiger partial charge < -0.3 is 4.90 Å². The van der Waals surface area contributed by atoms with E-state index in [0.717, 1.165) is 35.5 Å². The van der Waals surface area contributed by atoms with Gasteiger partial charge >= 0.3 is 0 Å². The molecule has 8 aliphatic rings. The van der Waals surface area contributed by atoms with Crippen LogP contribution in [0.2, 0.25) is 0 Å². The lowest BCUT2D eigenvalue weighted by atomic mass is 9.48. The van der Waals surface area contributed by atoms with Crippen LogP contribution >= 0.6 is 0 Å². The molecule has 0 N–H and O–H groups in total. The second-order valence-corrected chi connectivity index (χ2v) is 23.9. The molecule has 8 fully saturated rings. The largest absolute Gasteiger partial charge is 0.309 e. The maximum absolute atomic E-state index is 2.71. The lowest BCUT2D eigenvalue weighted by Gasteiger charge is -2.57. The molecule has 0 heterocycles. The van der Waals surface area contributed by atoms with E-state index in [-0.39, 0.29) is 10.8 Å². The Hall–Kier alpha value is -5.14. The average Bonchev–Trinajstić information content (AvgIpc) is 3.31. The molecule has 0 amide bonds. The standard InChI is InChI=1S/C64H67N/c1-61(2,50-11-7-5-8-12-50)52-17-22-56(23-18-52)65(57-24-19-53(20-25-57)62(3,4)51-13-9-6-10-14-51)60-58-26-21-54(63-36-42-27-43(37-63)29-44(28-42)38-63)34-49(58)33-48-15-16-55(35-59(48)60)64-39-45-30-46(40-64)32-47(31-45)41-64/h5-26,33-35,42-47H,27-32,36-41H2,1-4H3. The van der Waals surface area contributed by atoms with E-state index in [2.05, 4.69) is 184 Å². The Morgan fingerprint density at radius 2 is 0.754 bits per heavy atom. The van der Waals surface area contributed by atoms with Gasteiger partial charge in [-0.3, -0.25) is 0 Å². The molecule has 8 saturated carbocycles. The van der Waals surface area contributed by atoms with Crippen molar-refractivity contribution < 1.29 is 0 Å². The normalized spacial score (nSPS) is 28.9. The van der Waals surface area contributed by atoms with Gasteiger partial charge in [0.05, 0.1) is 5.69 Å². The van der Waals surface area contributed by atoms with Gasteiger partial charge in [0.1, 0.15) is 0 Å². The molecule has 0 spiro atoms. The van der Waals surface area contributed by atoms with Crippen molar-refractivity contribution in [2.24, 2.45) is 35.5 Å². The first-order valence-electron chi connectivity index (χ1n) is 25.7. The van der Waals surface area contributed by atoms with Crippen molar-refractivity contribution in [2.75, 3.05) is 4.90 Å². The third-order valence-electron chi connectivity index (χ3n) is 19.1. The molecule has 0 aromatic heterocycles. The second-order valence-electron chi connectivity index (χ2n) is 23.9. The first-order valence-corrected chi connectivity index (χ1v) is 25.7. The maximum atomic E-state index is 2.71. The third kappa shape index (κ3) is 6.52. The molecule has 8 aliphatic carbocycles. The SMILES string of the molecule is CC(C)(c1ccccc1)c1ccc(N(c2ccc(C(C)(C)c3ccccc3)cc2)c2c3ccc(C45CC6CC(CC(C6)C4)C5)cc3cc3ccc(C45CC6CC(CC(C6)C4)C5)cc23)cc1. The summed E-state index contributed by atoms with van der Waals surface area (Å²) in [5.74, 6) is 5.49. The van der Waals surface area contributed by atoms with Crippen molar-refractivity contribution >= 4 is 38.6 Å². The van der Waals surface area contributed by atoms with Crippen LogP contribution in [0, 0.1) is 35.5 Å². The summed E-state index contributed by atoms with van der Waals surface area (Å²) in [6.45, 7) is 9.48. The highest BCUT2D eigenvalue weighted by Gasteiger charge is 2.53. The van der Waals surface area contributed by atoms with Crippen LogP contribution in [0.3, 0.4) is 0 Å². The first-order chi connectivity index (χ1) is 31.5. The van der Waals surface area contributed by atoms with Gasteiger partial charge in [-0.1, -0.05) is 143 Å². The van der Waals surface area contributed by atoms with Gasteiger partial charge in [0.2, 0.25) is 0 Å². The Bertz CT molecular complexity index is 2750. The number of hydrogen-bond donors (Lipinski definition) is 0. The minimum atomic E-state index is -0.123. The van der Waals surface area contributed by atoms with Crippen molar-refractivity contribution in [3.05, 3.63) is 185 Å². The van der Waals surface area contributed by atoms with Crippen LogP contribution in [0.15, 0.2) is 152 Å². The second kappa shape index (κ2) is 14.7. The zero-order valence-corrected chi connectivity index (χ0v) is 39.3. The van der Waals surface area contributed by atoms with Gasteiger partial charge in [-0.15, -0.1) is 0 Å². The number of benzene rings is 7. The van der Waals surface area contributed by atoms with Crippen LogP contribution < -0.4 is 4.90 Å². The van der Waals surface area contributed by atoms with Crippen molar-refractivity contribution in [1.82, 2.24) is 0 Å². The molecule has 15 rings (SSSR count). The monoisotopic (exact) mass is 850 g/mol. The fraction of sp³-hybridized carbons (Fsp3) is 0.406. The zero-order chi connectivity index (χ0) is 43.7. The molecule has 0 unspecified atom stereocenters. The van der Waals surface area contributed by atoms with Crippen molar-refractivity contribution in [3.63, 3.8) is 0 Å². The zero-order valence-electron chi connectivity index (χ0n) is 39.3. The van der Waals surface area contributed by atoms with Crippen LogP contribution in [0.1, 0.15) is 138 Å². The summed E-state index contributed by atoms with van der Waals surface area (Å²) in [6.07, 6.45) is 17.1. The predicted molar refractivity (Wildman–Crippen MR) is 273 cm³/mol. The summed E-state index contributed by atoms with van der Waals surface area (Å²) in [6, 6.07) is 59.6. The van der Waals surface area contributed by atoms with E-state index in [4.69, 9.17) is 0 Å². The number of rotatable bonds is 9. The lowest BCUT2D eigenvalue weighted by molar-refractivity contribution is -0.00525. The molecule has 7 aromatic rings. The minimum Gasteiger partial charge on any atom is -0.309 e. The molecule has 65 heavy (non-hydrogen) atoms. The summed E-state index contributed by atoms with van der Waals surface area (Å²) >= 11 is 0. The van der Waals surface area contributed by atoms with E-state index < -0.39 is 0 Å². The Balaban J connectivity index is 1.02. The quantitative estimate of drug-likeness (QED) is 0.131. The van der Waals surface area contributed by atoms with Gasteiger partial charge in [-0.05, 0) is 204 Å². The number of fused-ring (bicyclic) bond motifs is 2. The summed E-state index contributed by atoms with van der Waals surface area (Å²) in [7, 11) is 0. The summed E-state index contributed by atoms with van der Waals surface area (Å²) in [5, 5.41) is 5.54. The summed E-state index contributed by atoms with van der Waals surface area (Å²) in [4.78, 5) is 2.65. The molecular formula is C64H67N. The van der Waals surface area contributed by atoms with Crippen LogP contribution in [0.5, 0.6) is 0 Å². The Morgan fingerprint density at radius 3 is 1.18 bits per heavy atom. The van der Waals surface area contributed by atoms with Gasteiger partial charge in [-0.2, -0.15) is 0 Å². The topological polar surface area (TPSA) is 3.24 Å². The van der Waals surface area contributed by atoms with Crippen molar-refractivity contribution in [3.8, 4) is 0 Å². The molecular weight excluding hydrogens is 783 g/mol. The highest BCUT2D eigenvalue weighted by atomic mass is 15.1.